The number of hydrogen-bond donors (Lipinski definition) is 2. The van der Waals surface area contributed by atoms with Crippen molar-refractivity contribution in [2.24, 2.45) is 0 Å². The van der Waals surface area contributed by atoms with Crippen LogP contribution in [0.4, 0.5) is 4.79 Å². The number of aryl methyl sites for hydroxylation is 1. The second kappa shape index (κ2) is 9.03. The van der Waals surface area contributed by atoms with Crippen LogP contribution in [0.3, 0.4) is 0 Å². The predicted octanol–water partition coefficient (Wildman–Crippen LogP) is 2.06. The summed E-state index contributed by atoms with van der Waals surface area (Å²) in [5.74, 6) is 0.255. The molecule has 0 radical (unpaired) electrons. The summed E-state index contributed by atoms with van der Waals surface area (Å²) in [5.41, 5.74) is 1.44. The molecule has 168 valence electrons. The molecule has 0 saturated carbocycles. The fourth-order valence-corrected chi connectivity index (χ4v) is 4.69. The Hall–Kier alpha value is -3.34. The smallest absolute Gasteiger partial charge is 0.337 e. The highest BCUT2D eigenvalue weighted by atomic mass is 32.2. The molecule has 1 aliphatic rings. The number of esters is 1. The van der Waals surface area contributed by atoms with E-state index in [0.29, 0.717) is 39.7 Å². The molecular weight excluding hydrogens is 432 g/mol. The molecule has 1 atom stereocenters. The van der Waals surface area contributed by atoms with Crippen LogP contribution in [0.25, 0.3) is 16.7 Å². The van der Waals surface area contributed by atoms with Crippen molar-refractivity contribution < 1.29 is 14.3 Å². The summed E-state index contributed by atoms with van der Waals surface area (Å²) < 4.78 is 8.63. The van der Waals surface area contributed by atoms with Crippen molar-refractivity contribution in [1.29, 1.82) is 0 Å². The van der Waals surface area contributed by atoms with Gasteiger partial charge in [0, 0.05) is 18.0 Å². The molecule has 0 fully saturated rings. The molecule has 4 rings (SSSR count). The van der Waals surface area contributed by atoms with Crippen LogP contribution in [-0.2, 0) is 16.1 Å². The van der Waals surface area contributed by atoms with Gasteiger partial charge in [-0.1, -0.05) is 30.8 Å². The monoisotopic (exact) mass is 456 g/mol. The van der Waals surface area contributed by atoms with E-state index in [0.717, 1.165) is 6.42 Å². The SMILES string of the molecule is CCCn1c(=O)c2ccccc2n2c(SCC3=C(C(=O)OCC)[C@@H](C)NC(=O)N3)nnc12. The van der Waals surface area contributed by atoms with Gasteiger partial charge in [-0.05, 0) is 32.4 Å². The van der Waals surface area contributed by atoms with Gasteiger partial charge >= 0.3 is 12.0 Å². The topological polar surface area (TPSA) is 120 Å². The lowest BCUT2D eigenvalue weighted by atomic mass is 10.1. The third-order valence-electron chi connectivity index (χ3n) is 5.14. The van der Waals surface area contributed by atoms with E-state index in [-0.39, 0.29) is 24.0 Å². The summed E-state index contributed by atoms with van der Waals surface area (Å²) in [6.45, 7) is 6.22. The summed E-state index contributed by atoms with van der Waals surface area (Å²) in [6.07, 6.45) is 0.774. The minimum absolute atomic E-state index is 0.106. The number of thioether (sulfide) groups is 1. The number of carbonyl (C=O) groups excluding carboxylic acids is 2. The minimum Gasteiger partial charge on any atom is -0.463 e. The standard InChI is InChI=1S/C21H24N6O4S/c1-4-10-26-17(28)13-8-6-7-9-15(13)27-20(26)24-25-21(27)32-11-14-16(18(29)31-5-2)12(3)22-19(30)23-14/h6-9,12H,4-5,10-11H2,1-3H3,(H2,22,23,30)/t12-/m1/s1. The Morgan fingerprint density at radius 3 is 2.75 bits per heavy atom. The van der Waals surface area contributed by atoms with E-state index >= 15 is 0 Å². The maximum atomic E-state index is 13.0. The Kier molecular flexibility index (Phi) is 6.17. The third kappa shape index (κ3) is 3.83. The number of amides is 2. The first-order valence-corrected chi connectivity index (χ1v) is 11.4. The summed E-state index contributed by atoms with van der Waals surface area (Å²) in [7, 11) is 0. The summed E-state index contributed by atoms with van der Waals surface area (Å²) in [6, 6.07) is 6.46. The van der Waals surface area contributed by atoms with Gasteiger partial charge in [0.15, 0.2) is 5.16 Å². The van der Waals surface area contributed by atoms with Crippen LogP contribution in [0.2, 0.25) is 0 Å². The van der Waals surface area contributed by atoms with Crippen molar-refractivity contribution in [2.45, 2.75) is 44.9 Å². The Labute approximate surface area is 188 Å². The van der Waals surface area contributed by atoms with Crippen molar-refractivity contribution in [3.63, 3.8) is 0 Å². The van der Waals surface area contributed by atoms with Gasteiger partial charge in [-0.3, -0.25) is 13.8 Å². The van der Waals surface area contributed by atoms with Gasteiger partial charge < -0.3 is 15.4 Å². The molecule has 1 aromatic carbocycles. The Morgan fingerprint density at radius 1 is 1.22 bits per heavy atom. The number of hydrogen-bond acceptors (Lipinski definition) is 7. The highest BCUT2D eigenvalue weighted by Crippen LogP contribution is 2.25. The van der Waals surface area contributed by atoms with Crippen LogP contribution in [0.1, 0.15) is 27.2 Å². The molecule has 3 heterocycles. The molecule has 1 aliphatic heterocycles. The number of rotatable bonds is 7. The van der Waals surface area contributed by atoms with Crippen LogP contribution in [0, 0.1) is 0 Å². The molecule has 0 aliphatic carbocycles. The van der Waals surface area contributed by atoms with Crippen molar-refractivity contribution in [3.05, 3.63) is 45.9 Å². The van der Waals surface area contributed by atoms with Gasteiger partial charge in [-0.2, -0.15) is 0 Å². The van der Waals surface area contributed by atoms with E-state index in [1.54, 1.807) is 24.5 Å². The Bertz CT molecular complexity index is 1290. The maximum Gasteiger partial charge on any atom is 0.337 e. The first-order valence-electron chi connectivity index (χ1n) is 10.4. The third-order valence-corrected chi connectivity index (χ3v) is 6.09. The van der Waals surface area contributed by atoms with Crippen molar-refractivity contribution in [3.8, 4) is 0 Å². The number of nitrogens with one attached hydrogen (secondary N) is 2. The van der Waals surface area contributed by atoms with Crippen LogP contribution in [0.5, 0.6) is 0 Å². The largest absolute Gasteiger partial charge is 0.463 e. The predicted molar refractivity (Wildman–Crippen MR) is 121 cm³/mol. The summed E-state index contributed by atoms with van der Waals surface area (Å²) >= 11 is 1.32. The molecule has 10 nitrogen and oxygen atoms in total. The number of fused-ring (bicyclic) bond motifs is 3. The van der Waals surface area contributed by atoms with Gasteiger partial charge in [-0.25, -0.2) is 9.59 Å². The van der Waals surface area contributed by atoms with Gasteiger partial charge in [-0.15, -0.1) is 10.2 Å². The van der Waals surface area contributed by atoms with E-state index in [9.17, 15) is 14.4 Å². The molecule has 0 spiro atoms. The second-order valence-corrected chi connectivity index (χ2v) is 8.26. The first-order chi connectivity index (χ1) is 15.5. The lowest BCUT2D eigenvalue weighted by Gasteiger charge is -2.26. The second-order valence-electron chi connectivity index (χ2n) is 7.31. The normalized spacial score (nSPS) is 16.3. The van der Waals surface area contributed by atoms with Crippen molar-refractivity contribution in [2.75, 3.05) is 12.4 Å². The number of benzene rings is 1. The Balaban J connectivity index is 1.78. The van der Waals surface area contributed by atoms with Crippen molar-refractivity contribution >= 4 is 40.4 Å². The number of aromatic nitrogens is 4. The van der Waals surface area contributed by atoms with Gasteiger partial charge in [0.05, 0.1) is 29.1 Å². The van der Waals surface area contributed by atoms with Crippen LogP contribution >= 0.6 is 11.8 Å². The molecule has 2 N–H and O–H groups in total. The highest BCUT2D eigenvalue weighted by molar-refractivity contribution is 7.99. The quantitative estimate of drug-likeness (QED) is 0.412. The number of nitrogens with zero attached hydrogens (tertiary/aromatic N) is 4. The molecule has 0 unspecified atom stereocenters. The number of carbonyl (C=O) groups is 2. The van der Waals surface area contributed by atoms with E-state index in [1.165, 1.54) is 11.8 Å². The van der Waals surface area contributed by atoms with Gasteiger partial charge in [0.2, 0.25) is 5.78 Å². The molecule has 32 heavy (non-hydrogen) atoms. The van der Waals surface area contributed by atoms with Crippen LogP contribution in [0.15, 0.2) is 45.5 Å². The first kappa shape index (κ1) is 21.9. The highest BCUT2D eigenvalue weighted by Gasteiger charge is 2.30. The summed E-state index contributed by atoms with van der Waals surface area (Å²) in [5, 5.41) is 15.1. The molecular formula is C21H24N6O4S. The number of para-hydroxylation sites is 1. The van der Waals surface area contributed by atoms with Gasteiger partial charge in [0.1, 0.15) is 0 Å². The van der Waals surface area contributed by atoms with Crippen LogP contribution in [-0.4, -0.2) is 49.6 Å². The van der Waals surface area contributed by atoms with Crippen LogP contribution < -0.4 is 16.2 Å². The van der Waals surface area contributed by atoms with E-state index in [4.69, 9.17) is 4.74 Å². The zero-order valence-corrected chi connectivity index (χ0v) is 18.9. The van der Waals surface area contributed by atoms with E-state index in [2.05, 4.69) is 20.8 Å². The van der Waals surface area contributed by atoms with Crippen molar-refractivity contribution in [1.82, 2.24) is 29.8 Å². The molecule has 0 saturated heterocycles. The molecule has 2 amide bonds. The average molecular weight is 457 g/mol. The lowest BCUT2D eigenvalue weighted by Crippen LogP contribution is -2.49. The lowest BCUT2D eigenvalue weighted by molar-refractivity contribution is -0.138. The molecule has 11 heteroatoms. The number of urea groups is 1. The molecule has 3 aromatic rings. The van der Waals surface area contributed by atoms with E-state index < -0.39 is 12.0 Å². The summed E-state index contributed by atoms with van der Waals surface area (Å²) in [4.78, 5) is 37.5. The average Bonchev–Trinajstić information content (AvgIpc) is 3.19. The Morgan fingerprint density at radius 2 is 2.00 bits per heavy atom. The number of ether oxygens (including phenoxy) is 1. The fourth-order valence-electron chi connectivity index (χ4n) is 3.78. The fraction of sp³-hybridized carbons (Fsp3) is 0.381. The zero-order valence-electron chi connectivity index (χ0n) is 18.0. The minimum atomic E-state index is -0.482. The molecule has 0 bridgehead atoms. The van der Waals surface area contributed by atoms with Gasteiger partial charge in [0.25, 0.3) is 5.56 Å². The zero-order chi connectivity index (χ0) is 22.8. The molecule has 2 aromatic heterocycles. The maximum absolute atomic E-state index is 13.0. The van der Waals surface area contributed by atoms with E-state index in [1.807, 2.05) is 29.5 Å².